The third-order valence-corrected chi connectivity index (χ3v) is 4.28. The number of hydrogen-bond acceptors (Lipinski definition) is 5. The minimum Gasteiger partial charge on any atom is -0.460 e. The van der Waals surface area contributed by atoms with Crippen molar-refractivity contribution in [1.82, 2.24) is 19.7 Å². The second-order valence-electron chi connectivity index (χ2n) is 5.82. The van der Waals surface area contributed by atoms with Gasteiger partial charge in [0.15, 0.2) is 5.82 Å². The van der Waals surface area contributed by atoms with Crippen LogP contribution >= 0.6 is 0 Å². The normalized spacial score (nSPS) is 19.4. The molecule has 1 saturated heterocycles. The van der Waals surface area contributed by atoms with E-state index in [0.717, 1.165) is 48.7 Å². The number of para-hydroxylation sites is 1. The lowest BCUT2D eigenvalue weighted by Crippen LogP contribution is -2.38. The quantitative estimate of drug-likeness (QED) is 0.741. The fourth-order valence-corrected chi connectivity index (χ4v) is 3.09. The maximum Gasteiger partial charge on any atom is 0.163 e. The third kappa shape index (κ3) is 2.87. The summed E-state index contributed by atoms with van der Waals surface area (Å²) in [6.07, 6.45) is 1.73. The summed E-state index contributed by atoms with van der Waals surface area (Å²) in [4.78, 5) is 2.35. The highest BCUT2D eigenvalue weighted by atomic mass is 16.5. The molecule has 0 saturated carbocycles. The number of nitrogens with zero attached hydrogens (tertiary/aromatic N) is 4. The maximum absolute atomic E-state index is 5.93. The average Bonchev–Trinajstić information content (AvgIpc) is 3.20. The molecule has 4 rings (SSSR count). The molecule has 3 heterocycles. The zero-order chi connectivity index (χ0) is 15.6. The number of furan rings is 1. The summed E-state index contributed by atoms with van der Waals surface area (Å²) in [5.74, 6) is 1.89. The Kier molecular flexibility index (Phi) is 3.85. The van der Waals surface area contributed by atoms with E-state index in [1.54, 1.807) is 6.33 Å². The Hall–Kier alpha value is -2.18. The number of rotatable bonds is 4. The lowest BCUT2D eigenvalue weighted by molar-refractivity contribution is -0.0404. The molecule has 0 aliphatic carbocycles. The standard InChI is InChI=1S/C17H20N4O2/c1-2-21-12-18-19-17(21)16-11-20(7-8-22-16)10-14-9-13-5-3-4-6-15(13)23-14/h3-6,9,12,16H,2,7-8,10-11H2,1H3/t16-/m1/s1. The first-order chi connectivity index (χ1) is 11.3. The van der Waals surface area contributed by atoms with E-state index < -0.39 is 0 Å². The van der Waals surface area contributed by atoms with Crippen LogP contribution in [0.4, 0.5) is 0 Å². The van der Waals surface area contributed by atoms with Crippen LogP contribution in [-0.4, -0.2) is 39.4 Å². The largest absolute Gasteiger partial charge is 0.460 e. The van der Waals surface area contributed by atoms with Gasteiger partial charge in [0.1, 0.15) is 23.8 Å². The fraction of sp³-hybridized carbons (Fsp3) is 0.412. The number of hydrogen-bond donors (Lipinski definition) is 0. The lowest BCUT2D eigenvalue weighted by atomic mass is 10.2. The molecule has 1 aliphatic rings. The van der Waals surface area contributed by atoms with Crippen molar-refractivity contribution in [3.8, 4) is 0 Å². The Balaban J connectivity index is 1.49. The first-order valence-corrected chi connectivity index (χ1v) is 8.02. The second-order valence-corrected chi connectivity index (χ2v) is 5.82. The molecule has 0 spiro atoms. The first-order valence-electron chi connectivity index (χ1n) is 8.02. The van der Waals surface area contributed by atoms with Crippen LogP contribution in [0.2, 0.25) is 0 Å². The Morgan fingerprint density at radius 2 is 2.22 bits per heavy atom. The number of aromatic nitrogens is 3. The van der Waals surface area contributed by atoms with Crippen molar-refractivity contribution in [3.63, 3.8) is 0 Å². The van der Waals surface area contributed by atoms with E-state index in [9.17, 15) is 0 Å². The van der Waals surface area contributed by atoms with E-state index in [-0.39, 0.29) is 6.10 Å². The SMILES string of the molecule is CCn1cnnc1[C@H]1CN(Cc2cc3ccccc3o2)CCO1. The summed E-state index contributed by atoms with van der Waals surface area (Å²) >= 11 is 0. The summed E-state index contributed by atoms with van der Waals surface area (Å²) in [7, 11) is 0. The van der Waals surface area contributed by atoms with Gasteiger partial charge in [0.05, 0.1) is 13.2 Å². The van der Waals surface area contributed by atoms with Gasteiger partial charge >= 0.3 is 0 Å². The van der Waals surface area contributed by atoms with Crippen LogP contribution in [-0.2, 0) is 17.8 Å². The summed E-state index contributed by atoms with van der Waals surface area (Å²) in [6, 6.07) is 10.2. The third-order valence-electron chi connectivity index (χ3n) is 4.28. The highest BCUT2D eigenvalue weighted by Gasteiger charge is 2.26. The van der Waals surface area contributed by atoms with Gasteiger partial charge in [-0.15, -0.1) is 10.2 Å². The molecule has 1 aliphatic heterocycles. The fourth-order valence-electron chi connectivity index (χ4n) is 3.09. The van der Waals surface area contributed by atoms with Crippen LogP contribution < -0.4 is 0 Å². The van der Waals surface area contributed by atoms with Gasteiger partial charge in [0.25, 0.3) is 0 Å². The molecule has 1 atom stereocenters. The molecule has 0 amide bonds. The van der Waals surface area contributed by atoms with E-state index in [2.05, 4.69) is 34.2 Å². The molecule has 23 heavy (non-hydrogen) atoms. The van der Waals surface area contributed by atoms with Crippen molar-refractivity contribution in [3.05, 3.63) is 48.2 Å². The van der Waals surface area contributed by atoms with Gasteiger partial charge in [-0.2, -0.15) is 0 Å². The predicted molar refractivity (Wildman–Crippen MR) is 85.9 cm³/mol. The smallest absolute Gasteiger partial charge is 0.163 e. The van der Waals surface area contributed by atoms with E-state index >= 15 is 0 Å². The molecule has 0 bridgehead atoms. The van der Waals surface area contributed by atoms with Crippen molar-refractivity contribution in [2.24, 2.45) is 0 Å². The molecule has 0 unspecified atom stereocenters. The number of fused-ring (bicyclic) bond motifs is 1. The Bertz CT molecular complexity index is 762. The van der Waals surface area contributed by atoms with Crippen LogP contribution in [0.5, 0.6) is 0 Å². The van der Waals surface area contributed by atoms with Crippen molar-refractivity contribution in [1.29, 1.82) is 0 Å². The minimum absolute atomic E-state index is 0.0319. The van der Waals surface area contributed by atoms with Gasteiger partial charge in [0, 0.05) is 25.0 Å². The van der Waals surface area contributed by atoms with Gasteiger partial charge in [-0.1, -0.05) is 18.2 Å². The second kappa shape index (κ2) is 6.14. The topological polar surface area (TPSA) is 56.3 Å². The zero-order valence-electron chi connectivity index (χ0n) is 13.2. The highest BCUT2D eigenvalue weighted by Crippen LogP contribution is 2.24. The summed E-state index contributed by atoms with van der Waals surface area (Å²) in [6.45, 7) is 6.12. The molecular formula is C17H20N4O2. The van der Waals surface area contributed by atoms with Gasteiger partial charge in [-0.25, -0.2) is 0 Å². The molecular weight excluding hydrogens is 292 g/mol. The monoisotopic (exact) mass is 312 g/mol. The molecule has 120 valence electrons. The van der Waals surface area contributed by atoms with Crippen LogP contribution in [0.15, 0.2) is 41.1 Å². The van der Waals surface area contributed by atoms with Crippen molar-refractivity contribution in [2.75, 3.05) is 19.7 Å². The van der Waals surface area contributed by atoms with Crippen LogP contribution in [0.3, 0.4) is 0 Å². The van der Waals surface area contributed by atoms with E-state index in [1.807, 2.05) is 22.8 Å². The molecule has 3 aromatic rings. The lowest BCUT2D eigenvalue weighted by Gasteiger charge is -2.31. The van der Waals surface area contributed by atoms with Crippen molar-refractivity contribution in [2.45, 2.75) is 26.1 Å². The van der Waals surface area contributed by atoms with E-state index in [1.165, 1.54) is 0 Å². The van der Waals surface area contributed by atoms with Gasteiger partial charge < -0.3 is 13.7 Å². The first kappa shape index (κ1) is 14.4. The van der Waals surface area contributed by atoms with E-state index in [0.29, 0.717) is 6.61 Å². The summed E-state index contributed by atoms with van der Waals surface area (Å²) in [5.41, 5.74) is 0.943. The molecule has 1 fully saturated rings. The zero-order valence-corrected chi connectivity index (χ0v) is 13.2. The Morgan fingerprint density at radius 3 is 3.09 bits per heavy atom. The summed E-state index contributed by atoms with van der Waals surface area (Å²) < 4.78 is 13.9. The molecule has 6 nitrogen and oxygen atoms in total. The van der Waals surface area contributed by atoms with Crippen molar-refractivity contribution >= 4 is 11.0 Å². The molecule has 2 aromatic heterocycles. The molecule has 0 radical (unpaired) electrons. The van der Waals surface area contributed by atoms with Crippen LogP contribution in [0.25, 0.3) is 11.0 Å². The van der Waals surface area contributed by atoms with Crippen LogP contribution in [0.1, 0.15) is 24.6 Å². The Labute approximate surface area is 134 Å². The maximum atomic E-state index is 5.93. The van der Waals surface area contributed by atoms with Gasteiger partial charge in [0.2, 0.25) is 0 Å². The van der Waals surface area contributed by atoms with Crippen molar-refractivity contribution < 1.29 is 9.15 Å². The summed E-state index contributed by atoms with van der Waals surface area (Å²) in [5, 5.41) is 9.38. The number of ether oxygens (including phenoxy) is 1. The van der Waals surface area contributed by atoms with Gasteiger partial charge in [-0.05, 0) is 19.1 Å². The molecule has 0 N–H and O–H groups in total. The van der Waals surface area contributed by atoms with Gasteiger partial charge in [-0.3, -0.25) is 4.90 Å². The highest BCUT2D eigenvalue weighted by molar-refractivity contribution is 5.77. The van der Waals surface area contributed by atoms with Crippen LogP contribution in [0, 0.1) is 0 Å². The Morgan fingerprint density at radius 1 is 1.30 bits per heavy atom. The predicted octanol–water partition coefficient (Wildman–Crippen LogP) is 2.62. The number of morpholine rings is 1. The number of benzene rings is 1. The van der Waals surface area contributed by atoms with E-state index in [4.69, 9.17) is 9.15 Å². The number of aryl methyl sites for hydroxylation is 1. The molecule has 1 aromatic carbocycles. The average molecular weight is 312 g/mol. The minimum atomic E-state index is -0.0319. The molecule has 6 heteroatoms.